The van der Waals surface area contributed by atoms with Crippen molar-refractivity contribution in [1.82, 2.24) is 0 Å². The van der Waals surface area contributed by atoms with Crippen LogP contribution < -0.4 is 0 Å². The quantitative estimate of drug-likeness (QED) is 0.315. The Bertz CT molecular complexity index is 809. The fraction of sp³-hybridized carbons (Fsp3) is 0.926. The van der Waals surface area contributed by atoms with Crippen LogP contribution in [-0.2, 0) is 19.2 Å². The van der Waals surface area contributed by atoms with E-state index >= 15 is 0 Å². The first-order chi connectivity index (χ1) is 15.8. The molecule has 0 heterocycles. The summed E-state index contributed by atoms with van der Waals surface area (Å²) in [5.74, 6) is 1.40. The molecule has 0 saturated heterocycles. The van der Waals surface area contributed by atoms with Gasteiger partial charge in [0.25, 0.3) is 0 Å². The first kappa shape index (κ1) is 22.3. The van der Waals surface area contributed by atoms with E-state index in [9.17, 15) is 20.0 Å². The van der Waals surface area contributed by atoms with E-state index in [4.69, 9.17) is 4.74 Å². The lowest BCUT2D eigenvalue weighted by Crippen LogP contribution is -2.59. The first-order valence-electron chi connectivity index (χ1n) is 13.5. The summed E-state index contributed by atoms with van der Waals surface area (Å²) in [4.78, 5) is 31.0. The summed E-state index contributed by atoms with van der Waals surface area (Å²) < 4.78 is 6.47. The highest BCUT2D eigenvalue weighted by Crippen LogP contribution is 2.68. The molecule has 0 amide bonds. The van der Waals surface area contributed by atoms with Crippen LogP contribution in [0.1, 0.15) is 78.1 Å². The summed E-state index contributed by atoms with van der Waals surface area (Å²) in [5, 5.41) is 19.5. The van der Waals surface area contributed by atoms with Gasteiger partial charge in [0.15, 0.2) is 0 Å². The second kappa shape index (κ2) is 7.68. The summed E-state index contributed by atoms with van der Waals surface area (Å²) in [5.41, 5.74) is -0.589. The number of fused-ring (bicyclic) bond motifs is 5. The number of esters is 1. The molecule has 2 N–H and O–H groups in total. The molecule has 7 saturated carbocycles. The number of ether oxygens (including phenoxy) is 1. The molecule has 10 atom stereocenters. The third kappa shape index (κ3) is 3.18. The molecular formula is C27H40O6. The van der Waals surface area contributed by atoms with Crippen molar-refractivity contribution in [3.63, 3.8) is 0 Å². The van der Waals surface area contributed by atoms with E-state index in [1.165, 1.54) is 12.8 Å². The molecule has 7 aliphatic carbocycles. The predicted octanol–water partition coefficient (Wildman–Crippen LogP) is 5.01. The molecule has 6 nitrogen and oxygen atoms in total. The van der Waals surface area contributed by atoms with E-state index in [2.05, 4.69) is 18.7 Å². The molecule has 7 rings (SSSR count). The molecule has 33 heavy (non-hydrogen) atoms. The van der Waals surface area contributed by atoms with Crippen LogP contribution in [0.15, 0.2) is 0 Å². The second-order valence-corrected chi connectivity index (χ2v) is 13.0. The van der Waals surface area contributed by atoms with Crippen LogP contribution in [-0.4, -0.2) is 34.5 Å². The molecule has 6 bridgehead atoms. The van der Waals surface area contributed by atoms with Crippen LogP contribution in [0.2, 0.25) is 0 Å². The third-order valence-electron chi connectivity index (χ3n) is 11.4. The maximum absolute atomic E-state index is 13.9. The lowest BCUT2D eigenvalue weighted by Gasteiger charge is -2.61. The van der Waals surface area contributed by atoms with E-state index in [0.29, 0.717) is 42.1 Å². The smallest absolute Gasteiger partial charge is 0.310 e. The summed E-state index contributed by atoms with van der Waals surface area (Å²) in [6.45, 7) is 4.81. The van der Waals surface area contributed by atoms with Gasteiger partial charge >= 0.3 is 11.9 Å². The van der Waals surface area contributed by atoms with E-state index in [0.717, 1.165) is 51.4 Å². The maximum Gasteiger partial charge on any atom is 0.310 e. The van der Waals surface area contributed by atoms with Gasteiger partial charge in [-0.1, -0.05) is 26.7 Å². The van der Waals surface area contributed by atoms with Crippen molar-refractivity contribution in [1.29, 1.82) is 0 Å². The van der Waals surface area contributed by atoms with Crippen LogP contribution in [0.3, 0.4) is 0 Å². The van der Waals surface area contributed by atoms with Crippen LogP contribution in [0.4, 0.5) is 0 Å². The van der Waals surface area contributed by atoms with Gasteiger partial charge in [0.2, 0.25) is 0 Å². The van der Waals surface area contributed by atoms with Gasteiger partial charge in [-0.3, -0.25) is 14.8 Å². The normalized spacial score (nSPS) is 53.4. The van der Waals surface area contributed by atoms with Gasteiger partial charge in [-0.15, -0.1) is 0 Å². The molecule has 0 spiro atoms. The number of rotatable bonds is 7. The van der Waals surface area contributed by atoms with Gasteiger partial charge in [0.05, 0.1) is 18.4 Å². The van der Waals surface area contributed by atoms with Gasteiger partial charge in [0.1, 0.15) is 5.60 Å². The van der Waals surface area contributed by atoms with Crippen molar-refractivity contribution in [3.05, 3.63) is 0 Å². The van der Waals surface area contributed by atoms with Crippen molar-refractivity contribution < 1.29 is 29.6 Å². The lowest BCUT2D eigenvalue weighted by molar-refractivity contribution is -0.289. The number of carboxylic acids is 1. The SMILES string of the molecule is CCC1CC(CC)C2C3CC(C(C(=O)O)C3C(=O)OC34CC5CC(CC(COO)(C5)C3)C4)C12. The van der Waals surface area contributed by atoms with Crippen molar-refractivity contribution in [3.8, 4) is 0 Å². The molecule has 0 radical (unpaired) electrons. The Labute approximate surface area is 196 Å². The van der Waals surface area contributed by atoms with Gasteiger partial charge < -0.3 is 9.84 Å². The number of aliphatic carboxylic acids is 1. The Balaban J connectivity index is 1.27. The largest absolute Gasteiger partial charge is 0.481 e. The Morgan fingerprint density at radius 3 is 2.03 bits per heavy atom. The average Bonchev–Trinajstić information content (AvgIpc) is 3.41. The van der Waals surface area contributed by atoms with E-state index in [1.807, 2.05) is 0 Å². The monoisotopic (exact) mass is 460 g/mol. The van der Waals surface area contributed by atoms with Crippen LogP contribution >= 0.6 is 0 Å². The Kier molecular flexibility index (Phi) is 5.20. The molecule has 0 aliphatic heterocycles. The summed E-state index contributed by atoms with van der Waals surface area (Å²) in [6, 6.07) is 0. The summed E-state index contributed by atoms with van der Waals surface area (Å²) >= 11 is 0. The van der Waals surface area contributed by atoms with Crippen molar-refractivity contribution in [2.45, 2.75) is 83.7 Å². The first-order valence-corrected chi connectivity index (χ1v) is 13.5. The van der Waals surface area contributed by atoms with Crippen molar-refractivity contribution in [2.24, 2.45) is 64.6 Å². The summed E-state index contributed by atoms with van der Waals surface area (Å²) in [6.07, 6.45) is 10.1. The highest BCUT2D eigenvalue weighted by molar-refractivity contribution is 5.83. The van der Waals surface area contributed by atoms with E-state index in [1.54, 1.807) is 0 Å². The Morgan fingerprint density at radius 2 is 1.48 bits per heavy atom. The van der Waals surface area contributed by atoms with E-state index < -0.39 is 23.4 Å². The van der Waals surface area contributed by atoms with Gasteiger partial charge in [0, 0.05) is 5.41 Å². The third-order valence-corrected chi connectivity index (χ3v) is 11.4. The highest BCUT2D eigenvalue weighted by atomic mass is 17.1. The minimum atomic E-state index is -0.798. The Hall–Kier alpha value is -1.14. The number of hydrogen-bond donors (Lipinski definition) is 2. The number of carbonyl (C=O) groups is 2. The topological polar surface area (TPSA) is 93.1 Å². The molecule has 0 aromatic heterocycles. The van der Waals surface area contributed by atoms with Crippen LogP contribution in [0.5, 0.6) is 0 Å². The molecular weight excluding hydrogens is 420 g/mol. The van der Waals surface area contributed by atoms with Gasteiger partial charge in [-0.05, 0) is 98.7 Å². The minimum absolute atomic E-state index is 0.0990. The zero-order valence-electron chi connectivity index (χ0n) is 20.1. The molecule has 7 aliphatic rings. The lowest BCUT2D eigenvalue weighted by atomic mass is 9.48. The molecule has 7 fully saturated rings. The number of carboxylic acid groups (broad SMARTS) is 1. The fourth-order valence-corrected chi connectivity index (χ4v) is 11.1. The number of hydrogen-bond acceptors (Lipinski definition) is 5. The minimum Gasteiger partial charge on any atom is -0.481 e. The molecule has 0 aromatic carbocycles. The van der Waals surface area contributed by atoms with E-state index in [-0.39, 0.29) is 23.2 Å². The van der Waals surface area contributed by atoms with Gasteiger partial charge in [-0.25, -0.2) is 4.89 Å². The Morgan fingerprint density at radius 1 is 0.879 bits per heavy atom. The van der Waals surface area contributed by atoms with Gasteiger partial charge in [-0.2, -0.15) is 0 Å². The highest BCUT2D eigenvalue weighted by Gasteiger charge is 2.68. The second-order valence-electron chi connectivity index (χ2n) is 13.0. The van der Waals surface area contributed by atoms with Crippen LogP contribution in [0, 0.1) is 64.6 Å². The summed E-state index contributed by atoms with van der Waals surface area (Å²) in [7, 11) is 0. The molecule has 6 heteroatoms. The molecule has 0 aromatic rings. The van der Waals surface area contributed by atoms with Crippen molar-refractivity contribution >= 4 is 11.9 Å². The van der Waals surface area contributed by atoms with Crippen LogP contribution in [0.25, 0.3) is 0 Å². The standard InChI is InChI=1S/C27H40O6/c1-3-16-6-17(4-2)21-19-7-18(20(16)21)22(24(28)29)23(19)25(30)33-27-10-14-5-15(11-27)9-26(8-14,12-27)13-32-31/h14-23,31H,3-13H2,1-2H3,(H,28,29). The maximum atomic E-state index is 13.9. The fourth-order valence-electron chi connectivity index (χ4n) is 11.1. The number of carbonyl (C=O) groups excluding carboxylic acids is 1. The zero-order valence-corrected chi connectivity index (χ0v) is 20.1. The molecule has 10 unspecified atom stereocenters. The predicted molar refractivity (Wildman–Crippen MR) is 120 cm³/mol. The molecule has 184 valence electrons. The van der Waals surface area contributed by atoms with Crippen molar-refractivity contribution in [2.75, 3.05) is 6.61 Å². The zero-order chi connectivity index (χ0) is 23.1. The average molecular weight is 461 g/mol.